The molecule has 0 aliphatic carbocycles. The minimum Gasteiger partial charge on any atom is -0.248 e. The maximum Gasteiger partial charge on any atom is 0.0709 e. The highest BCUT2D eigenvalue weighted by Crippen LogP contribution is 2.19. The van der Waals surface area contributed by atoms with Crippen molar-refractivity contribution in [3.8, 4) is 0 Å². The summed E-state index contributed by atoms with van der Waals surface area (Å²) in [5.41, 5.74) is 3.14. The fourth-order valence-corrected chi connectivity index (χ4v) is 2.38. The summed E-state index contributed by atoms with van der Waals surface area (Å²) < 4.78 is 1.09. The number of hydrogen-bond donors (Lipinski definition) is 0. The lowest BCUT2D eigenvalue weighted by Gasteiger charge is -1.99. The second kappa shape index (κ2) is 5.37. The van der Waals surface area contributed by atoms with Crippen LogP contribution in [0, 0.1) is 0 Å². The zero-order chi connectivity index (χ0) is 13.1. The highest BCUT2D eigenvalue weighted by atomic mass is 79.9. The topological polar surface area (TPSA) is 12.9 Å². The maximum absolute atomic E-state index is 4.62. The van der Waals surface area contributed by atoms with Gasteiger partial charge in [0.25, 0.3) is 0 Å². The Hall–Kier alpha value is -1.93. The summed E-state index contributed by atoms with van der Waals surface area (Å²) in [6.45, 7) is 0. The van der Waals surface area contributed by atoms with Crippen LogP contribution < -0.4 is 0 Å². The van der Waals surface area contributed by atoms with E-state index >= 15 is 0 Å². The minimum absolute atomic E-state index is 0.967. The first-order valence-electron chi connectivity index (χ1n) is 6.11. The van der Waals surface area contributed by atoms with Crippen LogP contribution in [0.1, 0.15) is 11.3 Å². The van der Waals surface area contributed by atoms with Crippen molar-refractivity contribution in [1.82, 2.24) is 4.98 Å². The van der Waals surface area contributed by atoms with E-state index in [0.717, 1.165) is 21.2 Å². The zero-order valence-electron chi connectivity index (χ0n) is 10.3. The number of benzene rings is 2. The molecule has 0 aliphatic rings. The number of hydrogen-bond acceptors (Lipinski definition) is 1. The van der Waals surface area contributed by atoms with E-state index in [-0.39, 0.29) is 0 Å². The molecule has 0 spiro atoms. The van der Waals surface area contributed by atoms with Crippen molar-refractivity contribution in [2.24, 2.45) is 0 Å². The fraction of sp³-hybridized carbons (Fsp3) is 0. The van der Waals surface area contributed by atoms with Crippen LogP contribution in [0.4, 0.5) is 0 Å². The first-order chi connectivity index (χ1) is 9.33. The molecule has 2 aromatic carbocycles. The lowest BCUT2D eigenvalue weighted by molar-refractivity contribution is 1.37. The molecule has 92 valence electrons. The summed E-state index contributed by atoms with van der Waals surface area (Å²) >= 11 is 3.54. The Kier molecular flexibility index (Phi) is 3.43. The Morgan fingerprint density at radius 3 is 2.47 bits per heavy atom. The van der Waals surface area contributed by atoms with E-state index < -0.39 is 0 Å². The first kappa shape index (κ1) is 12.1. The van der Waals surface area contributed by atoms with Crippen molar-refractivity contribution in [3.63, 3.8) is 0 Å². The van der Waals surface area contributed by atoms with Crippen molar-refractivity contribution in [3.05, 3.63) is 76.4 Å². The summed E-state index contributed by atoms with van der Waals surface area (Å²) in [5.74, 6) is 0. The van der Waals surface area contributed by atoms with E-state index in [4.69, 9.17) is 0 Å². The average molecular weight is 310 g/mol. The van der Waals surface area contributed by atoms with Gasteiger partial charge in [-0.05, 0) is 29.8 Å². The number of rotatable bonds is 2. The summed E-state index contributed by atoms with van der Waals surface area (Å²) in [7, 11) is 0. The van der Waals surface area contributed by atoms with Gasteiger partial charge in [0, 0.05) is 9.86 Å². The molecule has 0 bridgehead atoms. The molecule has 19 heavy (non-hydrogen) atoms. The van der Waals surface area contributed by atoms with E-state index in [9.17, 15) is 0 Å². The minimum atomic E-state index is 0.967. The SMILES string of the molecule is Brc1ccccc1C=Cc1ccc2ccccc2n1. The molecule has 0 saturated carbocycles. The van der Waals surface area contributed by atoms with Gasteiger partial charge >= 0.3 is 0 Å². The third-order valence-electron chi connectivity index (χ3n) is 2.96. The number of aromatic nitrogens is 1. The predicted molar refractivity (Wildman–Crippen MR) is 84.8 cm³/mol. The lowest BCUT2D eigenvalue weighted by atomic mass is 10.1. The third-order valence-corrected chi connectivity index (χ3v) is 3.68. The Morgan fingerprint density at radius 2 is 1.58 bits per heavy atom. The number of para-hydroxylation sites is 1. The Labute approximate surface area is 120 Å². The van der Waals surface area contributed by atoms with Gasteiger partial charge in [0.1, 0.15) is 0 Å². The Morgan fingerprint density at radius 1 is 0.789 bits per heavy atom. The molecule has 3 aromatic rings. The van der Waals surface area contributed by atoms with Gasteiger partial charge < -0.3 is 0 Å². The number of nitrogens with zero attached hydrogens (tertiary/aromatic N) is 1. The third kappa shape index (κ3) is 2.74. The van der Waals surface area contributed by atoms with Crippen molar-refractivity contribution >= 4 is 39.0 Å². The lowest BCUT2D eigenvalue weighted by Crippen LogP contribution is -1.82. The van der Waals surface area contributed by atoms with Gasteiger partial charge in [-0.2, -0.15) is 0 Å². The van der Waals surface area contributed by atoms with Gasteiger partial charge in [-0.3, -0.25) is 0 Å². The van der Waals surface area contributed by atoms with Crippen LogP contribution in [0.15, 0.2) is 65.1 Å². The molecule has 1 nitrogen and oxygen atoms in total. The highest BCUT2D eigenvalue weighted by Gasteiger charge is 1.96. The molecule has 2 heteroatoms. The van der Waals surface area contributed by atoms with E-state index in [1.807, 2.05) is 48.5 Å². The van der Waals surface area contributed by atoms with Crippen molar-refractivity contribution in [2.75, 3.05) is 0 Å². The molecule has 0 radical (unpaired) electrons. The van der Waals surface area contributed by atoms with Crippen molar-refractivity contribution < 1.29 is 0 Å². The highest BCUT2D eigenvalue weighted by molar-refractivity contribution is 9.10. The molecule has 0 aliphatic heterocycles. The van der Waals surface area contributed by atoms with Gasteiger partial charge in [-0.25, -0.2) is 4.98 Å². The largest absolute Gasteiger partial charge is 0.248 e. The van der Waals surface area contributed by atoms with E-state index in [1.54, 1.807) is 0 Å². The van der Waals surface area contributed by atoms with Crippen LogP contribution in [0.5, 0.6) is 0 Å². The monoisotopic (exact) mass is 309 g/mol. The zero-order valence-corrected chi connectivity index (χ0v) is 11.8. The van der Waals surface area contributed by atoms with Crippen molar-refractivity contribution in [2.45, 2.75) is 0 Å². The first-order valence-corrected chi connectivity index (χ1v) is 6.91. The van der Waals surface area contributed by atoms with E-state index in [1.165, 1.54) is 5.39 Å². The molecule has 1 aromatic heterocycles. The van der Waals surface area contributed by atoms with Gasteiger partial charge in [-0.15, -0.1) is 0 Å². The number of fused-ring (bicyclic) bond motifs is 1. The van der Waals surface area contributed by atoms with E-state index in [2.05, 4.69) is 45.2 Å². The average Bonchev–Trinajstić information content (AvgIpc) is 2.46. The number of pyridine rings is 1. The fourth-order valence-electron chi connectivity index (χ4n) is 1.96. The molecule has 1 heterocycles. The predicted octanol–water partition coefficient (Wildman–Crippen LogP) is 5.17. The van der Waals surface area contributed by atoms with Crippen LogP contribution in [0.3, 0.4) is 0 Å². The molecule has 0 fully saturated rings. The molecule has 3 rings (SSSR count). The van der Waals surface area contributed by atoms with Gasteiger partial charge in [-0.1, -0.05) is 64.5 Å². The van der Waals surface area contributed by atoms with Crippen LogP contribution in [-0.4, -0.2) is 4.98 Å². The van der Waals surface area contributed by atoms with E-state index in [0.29, 0.717) is 0 Å². The summed E-state index contributed by atoms with van der Waals surface area (Å²) in [6.07, 6.45) is 4.10. The smallest absolute Gasteiger partial charge is 0.0709 e. The second-order valence-electron chi connectivity index (χ2n) is 4.28. The quantitative estimate of drug-likeness (QED) is 0.636. The van der Waals surface area contributed by atoms with Crippen LogP contribution in [0.25, 0.3) is 23.1 Å². The molecule has 0 amide bonds. The Bertz CT molecular complexity index is 747. The van der Waals surface area contributed by atoms with Gasteiger partial charge in [0.15, 0.2) is 0 Å². The standard InChI is InChI=1S/C17H12BrN/c18-16-7-3-1-5-13(16)9-11-15-12-10-14-6-2-4-8-17(14)19-15/h1-12H. The maximum atomic E-state index is 4.62. The molecule has 0 unspecified atom stereocenters. The second-order valence-corrected chi connectivity index (χ2v) is 5.14. The molecular formula is C17H12BrN. The summed E-state index contributed by atoms with van der Waals surface area (Å²) in [6, 6.07) is 20.4. The molecule has 0 atom stereocenters. The Balaban J connectivity index is 1.95. The molecule has 0 N–H and O–H groups in total. The normalized spacial score (nSPS) is 11.2. The van der Waals surface area contributed by atoms with Crippen molar-refractivity contribution in [1.29, 1.82) is 0 Å². The number of halogens is 1. The summed E-state index contributed by atoms with van der Waals surface area (Å²) in [5, 5.41) is 1.17. The van der Waals surface area contributed by atoms with Gasteiger partial charge in [0.2, 0.25) is 0 Å². The van der Waals surface area contributed by atoms with Crippen LogP contribution >= 0.6 is 15.9 Å². The molecule has 0 saturated heterocycles. The summed E-state index contributed by atoms with van der Waals surface area (Å²) in [4.78, 5) is 4.62. The van der Waals surface area contributed by atoms with Gasteiger partial charge in [0.05, 0.1) is 11.2 Å². The molecular weight excluding hydrogens is 298 g/mol. The van der Waals surface area contributed by atoms with Crippen LogP contribution in [-0.2, 0) is 0 Å². The van der Waals surface area contributed by atoms with Crippen LogP contribution in [0.2, 0.25) is 0 Å².